The molecule has 0 aliphatic carbocycles. The van der Waals surface area contributed by atoms with Crippen LogP contribution in [0.25, 0.3) is 11.1 Å². The topological polar surface area (TPSA) is 95.3 Å². The minimum Gasteiger partial charge on any atom is -0.486 e. The highest BCUT2D eigenvalue weighted by molar-refractivity contribution is 7.99. The zero-order valence-corrected chi connectivity index (χ0v) is 23.0. The fourth-order valence-electron chi connectivity index (χ4n) is 3.64. The summed E-state index contributed by atoms with van der Waals surface area (Å²) in [7, 11) is 1.22. The number of carbonyl (C=O) groups is 2. The van der Waals surface area contributed by atoms with Crippen LogP contribution in [0, 0.1) is 5.82 Å². The van der Waals surface area contributed by atoms with Crippen molar-refractivity contribution in [2.75, 3.05) is 18.2 Å². The largest absolute Gasteiger partial charge is 0.486 e. The summed E-state index contributed by atoms with van der Waals surface area (Å²) >= 11 is 2.18. The van der Waals surface area contributed by atoms with E-state index in [9.17, 15) is 27.2 Å². The third-order valence-electron chi connectivity index (χ3n) is 5.56. The van der Waals surface area contributed by atoms with Crippen LogP contribution in [-0.4, -0.2) is 39.5 Å². The van der Waals surface area contributed by atoms with Gasteiger partial charge in [-0.3, -0.25) is 9.36 Å². The molecule has 4 aromatic rings. The van der Waals surface area contributed by atoms with Gasteiger partial charge in [-0.1, -0.05) is 36.0 Å². The molecule has 41 heavy (non-hydrogen) atoms. The summed E-state index contributed by atoms with van der Waals surface area (Å²) in [5, 5.41) is 13.1. The molecule has 2 heterocycles. The molecular weight excluding hydrogens is 584 g/mol. The molecule has 0 saturated carbocycles. The predicted molar refractivity (Wildman–Crippen MR) is 146 cm³/mol. The summed E-state index contributed by atoms with van der Waals surface area (Å²) in [4.78, 5) is 25.3. The number of anilines is 1. The van der Waals surface area contributed by atoms with E-state index >= 15 is 0 Å². The highest BCUT2D eigenvalue weighted by atomic mass is 32.2. The maximum atomic E-state index is 13.4. The van der Waals surface area contributed by atoms with Crippen LogP contribution in [0.1, 0.15) is 21.7 Å². The Labute approximate surface area is 240 Å². The Bertz CT molecular complexity index is 1550. The van der Waals surface area contributed by atoms with Gasteiger partial charge in [0, 0.05) is 17.5 Å². The van der Waals surface area contributed by atoms with Gasteiger partial charge in [0.05, 0.1) is 18.4 Å². The first kappa shape index (κ1) is 29.8. The first-order chi connectivity index (χ1) is 19.6. The molecular formula is C27H22F4N4O4S2. The molecule has 0 spiro atoms. The van der Waals surface area contributed by atoms with Crippen molar-refractivity contribution in [3.63, 3.8) is 0 Å². The van der Waals surface area contributed by atoms with E-state index in [0.29, 0.717) is 22.1 Å². The number of rotatable bonds is 11. The number of methoxy groups -OCH3 is 1. The third kappa shape index (κ3) is 7.32. The number of benzene rings is 2. The smallest absolute Gasteiger partial charge is 0.416 e. The second-order valence-electron chi connectivity index (χ2n) is 8.30. The lowest BCUT2D eigenvalue weighted by atomic mass is 10.0. The Morgan fingerprint density at radius 3 is 2.61 bits per heavy atom. The molecule has 0 bridgehead atoms. The first-order valence-corrected chi connectivity index (χ1v) is 13.7. The van der Waals surface area contributed by atoms with Gasteiger partial charge in [0.2, 0.25) is 5.91 Å². The summed E-state index contributed by atoms with van der Waals surface area (Å²) in [6.07, 6.45) is -2.93. The first-order valence-electron chi connectivity index (χ1n) is 11.8. The Kier molecular flexibility index (Phi) is 9.45. The maximum Gasteiger partial charge on any atom is 0.416 e. The highest BCUT2D eigenvalue weighted by Gasteiger charge is 2.30. The predicted octanol–water partition coefficient (Wildman–Crippen LogP) is 6.45. The van der Waals surface area contributed by atoms with Crippen LogP contribution in [0.15, 0.2) is 71.7 Å². The summed E-state index contributed by atoms with van der Waals surface area (Å²) < 4.78 is 64.4. The van der Waals surface area contributed by atoms with Crippen molar-refractivity contribution in [3.8, 4) is 16.9 Å². The average Bonchev–Trinajstić information content (AvgIpc) is 3.54. The van der Waals surface area contributed by atoms with Crippen LogP contribution in [0.4, 0.5) is 22.6 Å². The SMILES string of the molecule is C=CCn1c(COc2cccc(C(F)(F)F)c2)nnc1SCC(=O)Nc1scc(-c2ccc(F)cc2)c1C(=O)OC. The number of aromatic nitrogens is 3. The molecule has 1 N–H and O–H groups in total. The number of ether oxygens (including phenoxy) is 2. The molecule has 0 unspecified atom stereocenters. The fraction of sp³-hybridized carbons (Fsp3) is 0.185. The Balaban J connectivity index is 1.44. The van der Waals surface area contributed by atoms with Crippen molar-refractivity contribution in [2.45, 2.75) is 24.5 Å². The number of alkyl halides is 3. The quantitative estimate of drug-likeness (QED) is 0.0908. The van der Waals surface area contributed by atoms with Crippen molar-refractivity contribution in [1.29, 1.82) is 0 Å². The van der Waals surface area contributed by atoms with E-state index in [1.165, 1.54) is 43.5 Å². The van der Waals surface area contributed by atoms with E-state index in [1.807, 2.05) is 0 Å². The average molecular weight is 607 g/mol. The molecule has 2 aromatic heterocycles. The second-order valence-corrected chi connectivity index (χ2v) is 10.1. The van der Waals surface area contributed by atoms with Gasteiger partial charge in [-0.15, -0.1) is 28.1 Å². The number of thiophene rings is 1. The van der Waals surface area contributed by atoms with Crippen molar-refractivity contribution >= 4 is 40.0 Å². The molecule has 2 aromatic carbocycles. The van der Waals surface area contributed by atoms with Gasteiger partial charge in [-0.2, -0.15) is 13.2 Å². The van der Waals surface area contributed by atoms with Crippen molar-refractivity contribution in [1.82, 2.24) is 14.8 Å². The van der Waals surface area contributed by atoms with Crippen molar-refractivity contribution in [3.05, 3.63) is 89.3 Å². The molecule has 4 rings (SSSR count). The van der Waals surface area contributed by atoms with E-state index in [0.717, 1.165) is 35.2 Å². The zero-order valence-electron chi connectivity index (χ0n) is 21.4. The number of nitrogens with one attached hydrogen (secondary N) is 1. The van der Waals surface area contributed by atoms with E-state index in [1.54, 1.807) is 16.0 Å². The minimum absolute atomic E-state index is 0.0129. The molecule has 0 radical (unpaired) electrons. The van der Waals surface area contributed by atoms with Crippen LogP contribution in [0.3, 0.4) is 0 Å². The minimum atomic E-state index is -4.50. The monoisotopic (exact) mass is 606 g/mol. The number of allylic oxidation sites excluding steroid dienone is 1. The highest BCUT2D eigenvalue weighted by Crippen LogP contribution is 2.36. The molecule has 0 aliphatic heterocycles. The van der Waals surface area contributed by atoms with Crippen LogP contribution in [-0.2, 0) is 28.9 Å². The molecule has 0 saturated heterocycles. The van der Waals surface area contributed by atoms with Crippen LogP contribution < -0.4 is 10.1 Å². The summed E-state index contributed by atoms with van der Waals surface area (Å²) in [5.41, 5.74) is 0.373. The lowest BCUT2D eigenvalue weighted by Crippen LogP contribution is -2.16. The molecule has 0 atom stereocenters. The zero-order chi connectivity index (χ0) is 29.6. The number of hydrogen-bond donors (Lipinski definition) is 1. The Morgan fingerprint density at radius 1 is 1.17 bits per heavy atom. The van der Waals surface area contributed by atoms with Gasteiger partial charge in [0.15, 0.2) is 11.0 Å². The van der Waals surface area contributed by atoms with E-state index in [4.69, 9.17) is 9.47 Å². The van der Waals surface area contributed by atoms with Crippen molar-refractivity contribution in [2.24, 2.45) is 0 Å². The van der Waals surface area contributed by atoms with Gasteiger partial charge < -0.3 is 14.8 Å². The van der Waals surface area contributed by atoms with Gasteiger partial charge in [-0.05, 0) is 35.9 Å². The van der Waals surface area contributed by atoms with Crippen LogP contribution >= 0.6 is 23.1 Å². The molecule has 0 aliphatic rings. The maximum absolute atomic E-state index is 13.4. The summed E-state index contributed by atoms with van der Waals surface area (Å²) in [5.74, 6) is -1.30. The lowest BCUT2D eigenvalue weighted by molar-refractivity contribution is -0.137. The van der Waals surface area contributed by atoms with Crippen molar-refractivity contribution < 1.29 is 36.6 Å². The summed E-state index contributed by atoms with van der Waals surface area (Å²) in [6, 6.07) is 10.1. The van der Waals surface area contributed by atoms with Gasteiger partial charge in [0.1, 0.15) is 28.7 Å². The number of amides is 1. The molecule has 1 amide bonds. The number of carbonyl (C=O) groups excluding carboxylic acids is 2. The molecule has 214 valence electrons. The van der Waals surface area contributed by atoms with Gasteiger partial charge >= 0.3 is 12.1 Å². The standard InChI is InChI=1S/C27H22F4N4O4S2/c1-3-11-35-21(13-39-19-6-4-5-17(12-19)27(29,30)31)33-34-26(35)41-15-22(36)32-24-23(25(37)38-2)20(14-40-24)16-7-9-18(28)10-8-16/h3-10,12,14H,1,11,13,15H2,2H3,(H,32,36). The third-order valence-corrected chi connectivity index (χ3v) is 7.42. The van der Waals surface area contributed by atoms with Crippen LogP contribution in [0.2, 0.25) is 0 Å². The lowest BCUT2D eigenvalue weighted by Gasteiger charge is -2.11. The number of thioether (sulfide) groups is 1. The molecule has 14 heteroatoms. The van der Waals surface area contributed by atoms with E-state index in [-0.39, 0.29) is 35.2 Å². The fourth-order valence-corrected chi connectivity index (χ4v) is 5.38. The summed E-state index contributed by atoms with van der Waals surface area (Å²) in [6.45, 7) is 3.79. The Hall–Kier alpha value is -4.17. The molecule has 8 nitrogen and oxygen atoms in total. The van der Waals surface area contributed by atoms with Gasteiger partial charge in [0.25, 0.3) is 0 Å². The van der Waals surface area contributed by atoms with E-state index < -0.39 is 29.4 Å². The Morgan fingerprint density at radius 2 is 1.93 bits per heavy atom. The van der Waals surface area contributed by atoms with Gasteiger partial charge in [-0.25, -0.2) is 9.18 Å². The number of halogens is 4. The number of esters is 1. The number of hydrogen-bond acceptors (Lipinski definition) is 8. The molecule has 0 fully saturated rings. The van der Waals surface area contributed by atoms with Crippen LogP contribution in [0.5, 0.6) is 5.75 Å². The second kappa shape index (κ2) is 13.0. The number of nitrogens with zero attached hydrogens (tertiary/aromatic N) is 3. The van der Waals surface area contributed by atoms with E-state index in [2.05, 4.69) is 22.1 Å². The normalized spacial score (nSPS) is 11.2.